The van der Waals surface area contributed by atoms with Crippen LogP contribution in [0.3, 0.4) is 0 Å². The normalized spacial score (nSPS) is 19.3. The van der Waals surface area contributed by atoms with Gasteiger partial charge in [-0.05, 0) is 43.2 Å². The van der Waals surface area contributed by atoms with Crippen molar-refractivity contribution >= 4 is 28.4 Å². The number of hydrogen-bond acceptors (Lipinski definition) is 4. The van der Waals surface area contributed by atoms with Gasteiger partial charge in [0.15, 0.2) is 0 Å². The number of carbonyl (C=O) groups is 1. The lowest BCUT2D eigenvalue weighted by atomic mass is 9.95. The smallest absolute Gasteiger partial charge is 0.252 e. The molecule has 1 N–H and O–H groups in total. The molecule has 138 valence electrons. The zero-order chi connectivity index (χ0) is 18.8. The fourth-order valence-electron chi connectivity index (χ4n) is 3.56. The molecule has 0 saturated carbocycles. The van der Waals surface area contributed by atoms with Crippen LogP contribution in [0.25, 0.3) is 10.9 Å². The van der Waals surface area contributed by atoms with Crippen molar-refractivity contribution in [2.24, 2.45) is 5.92 Å². The molecule has 0 spiro atoms. The van der Waals surface area contributed by atoms with Crippen LogP contribution in [0, 0.1) is 12.8 Å². The second kappa shape index (κ2) is 7.62. The van der Waals surface area contributed by atoms with Crippen LogP contribution in [0.2, 0.25) is 5.02 Å². The number of nitrogens with one attached hydrogen (secondary N) is 1. The highest BCUT2D eigenvalue weighted by Crippen LogP contribution is 2.26. The van der Waals surface area contributed by atoms with E-state index in [4.69, 9.17) is 16.3 Å². The minimum atomic E-state index is -0.122. The molecule has 0 unspecified atom stereocenters. The Hall–Kier alpha value is -2.50. The molecule has 1 aliphatic rings. The first-order chi connectivity index (χ1) is 13.1. The first-order valence-electron chi connectivity index (χ1n) is 8.95. The van der Waals surface area contributed by atoms with Crippen molar-refractivity contribution in [3.63, 3.8) is 0 Å². The van der Waals surface area contributed by atoms with Gasteiger partial charge in [-0.3, -0.25) is 14.8 Å². The lowest BCUT2D eigenvalue weighted by molar-refractivity contribution is 0.0926. The number of halogens is 1. The van der Waals surface area contributed by atoms with Crippen LogP contribution in [0.4, 0.5) is 0 Å². The lowest BCUT2D eigenvalue weighted by Crippen LogP contribution is -2.40. The van der Waals surface area contributed by atoms with Crippen LogP contribution in [0.15, 0.2) is 48.8 Å². The number of hydrogen-bond donors (Lipinski definition) is 1. The number of rotatable bonds is 4. The SMILES string of the molecule is Cc1cc(C(=O)N[C@@H]2COC[C@H]2Cc2ccncc2)c2cccc(Cl)c2n1. The number of aryl methyl sites for hydroxylation is 1. The number of benzene rings is 1. The van der Waals surface area contributed by atoms with E-state index in [-0.39, 0.29) is 17.9 Å². The number of nitrogens with zero attached hydrogens (tertiary/aromatic N) is 2. The third-order valence-electron chi connectivity index (χ3n) is 4.93. The molecule has 1 aromatic carbocycles. The molecule has 1 aliphatic heterocycles. The van der Waals surface area contributed by atoms with Gasteiger partial charge in [-0.25, -0.2) is 0 Å². The van der Waals surface area contributed by atoms with Gasteiger partial charge in [0.05, 0.1) is 35.4 Å². The third-order valence-corrected chi connectivity index (χ3v) is 5.23. The van der Waals surface area contributed by atoms with Gasteiger partial charge in [0.25, 0.3) is 5.91 Å². The zero-order valence-electron chi connectivity index (χ0n) is 15.0. The van der Waals surface area contributed by atoms with Crippen molar-refractivity contribution in [3.8, 4) is 0 Å². The molecular weight excluding hydrogens is 362 g/mol. The summed E-state index contributed by atoms with van der Waals surface area (Å²) >= 11 is 6.27. The minimum absolute atomic E-state index is 0.0339. The molecule has 0 radical (unpaired) electrons. The standard InChI is InChI=1S/C21H20ClN3O2/c1-13-9-17(16-3-2-4-18(22)20(16)24-13)21(26)25-19-12-27-11-15(19)10-14-5-7-23-8-6-14/h2-9,15,19H,10-12H2,1H3,(H,25,26)/t15-,19-/m1/s1. The molecule has 0 bridgehead atoms. The molecule has 5 nitrogen and oxygen atoms in total. The number of carbonyl (C=O) groups excluding carboxylic acids is 1. The van der Waals surface area contributed by atoms with Crippen molar-refractivity contribution in [2.75, 3.05) is 13.2 Å². The maximum absolute atomic E-state index is 13.0. The summed E-state index contributed by atoms with van der Waals surface area (Å²) in [4.78, 5) is 21.6. The first kappa shape index (κ1) is 17.9. The van der Waals surface area contributed by atoms with Crippen molar-refractivity contribution in [1.82, 2.24) is 15.3 Å². The molecule has 1 saturated heterocycles. The molecule has 6 heteroatoms. The van der Waals surface area contributed by atoms with Gasteiger partial charge < -0.3 is 10.1 Å². The Morgan fingerprint density at radius 3 is 2.89 bits per heavy atom. The summed E-state index contributed by atoms with van der Waals surface area (Å²) in [6.07, 6.45) is 4.41. The summed E-state index contributed by atoms with van der Waals surface area (Å²) in [7, 11) is 0. The highest BCUT2D eigenvalue weighted by Gasteiger charge is 2.30. The maximum Gasteiger partial charge on any atom is 0.252 e. The van der Waals surface area contributed by atoms with E-state index in [0.29, 0.717) is 29.3 Å². The zero-order valence-corrected chi connectivity index (χ0v) is 15.7. The van der Waals surface area contributed by atoms with E-state index < -0.39 is 0 Å². The molecule has 2 atom stereocenters. The van der Waals surface area contributed by atoms with Crippen LogP contribution >= 0.6 is 11.6 Å². The molecular formula is C21H20ClN3O2. The highest BCUT2D eigenvalue weighted by molar-refractivity contribution is 6.35. The largest absolute Gasteiger partial charge is 0.379 e. The quantitative estimate of drug-likeness (QED) is 0.750. The number of aromatic nitrogens is 2. The molecule has 4 rings (SSSR count). The molecule has 0 aliphatic carbocycles. The van der Waals surface area contributed by atoms with Crippen molar-refractivity contribution in [2.45, 2.75) is 19.4 Å². The van der Waals surface area contributed by atoms with Gasteiger partial charge in [0.1, 0.15) is 0 Å². The number of para-hydroxylation sites is 1. The fraction of sp³-hybridized carbons (Fsp3) is 0.286. The van der Waals surface area contributed by atoms with Crippen LogP contribution in [-0.4, -0.2) is 35.1 Å². The first-order valence-corrected chi connectivity index (χ1v) is 9.33. The van der Waals surface area contributed by atoms with Gasteiger partial charge in [-0.2, -0.15) is 0 Å². The minimum Gasteiger partial charge on any atom is -0.379 e. The molecule has 27 heavy (non-hydrogen) atoms. The number of fused-ring (bicyclic) bond motifs is 1. The van der Waals surface area contributed by atoms with E-state index in [1.165, 1.54) is 5.56 Å². The van der Waals surface area contributed by atoms with Gasteiger partial charge in [0, 0.05) is 29.4 Å². The Morgan fingerprint density at radius 2 is 2.07 bits per heavy atom. The van der Waals surface area contributed by atoms with E-state index in [1.807, 2.05) is 37.3 Å². The van der Waals surface area contributed by atoms with Crippen LogP contribution in [-0.2, 0) is 11.2 Å². The van der Waals surface area contributed by atoms with Crippen LogP contribution in [0.5, 0.6) is 0 Å². The monoisotopic (exact) mass is 381 g/mol. The second-order valence-corrected chi connectivity index (χ2v) is 7.29. The topological polar surface area (TPSA) is 64.1 Å². The average molecular weight is 382 g/mol. The number of ether oxygens (including phenoxy) is 1. The molecule has 2 aromatic heterocycles. The van der Waals surface area contributed by atoms with Crippen molar-refractivity contribution < 1.29 is 9.53 Å². The summed E-state index contributed by atoms with van der Waals surface area (Å²) in [5.74, 6) is 0.108. The number of pyridine rings is 2. The highest BCUT2D eigenvalue weighted by atomic mass is 35.5. The summed E-state index contributed by atoms with van der Waals surface area (Å²) < 4.78 is 5.65. The van der Waals surface area contributed by atoms with E-state index >= 15 is 0 Å². The Balaban J connectivity index is 1.57. The fourth-order valence-corrected chi connectivity index (χ4v) is 3.77. The van der Waals surface area contributed by atoms with Crippen molar-refractivity contribution in [3.05, 3.63) is 70.6 Å². The summed E-state index contributed by atoms with van der Waals surface area (Å²) in [6.45, 7) is 3.02. The Morgan fingerprint density at radius 1 is 1.26 bits per heavy atom. The molecule has 1 fully saturated rings. The molecule has 1 amide bonds. The maximum atomic E-state index is 13.0. The average Bonchev–Trinajstić information content (AvgIpc) is 3.09. The number of amides is 1. The van der Waals surface area contributed by atoms with Gasteiger partial charge in [-0.15, -0.1) is 0 Å². The van der Waals surface area contributed by atoms with E-state index in [2.05, 4.69) is 15.3 Å². The summed E-state index contributed by atoms with van der Waals surface area (Å²) in [5, 5.41) is 4.46. The lowest BCUT2D eigenvalue weighted by Gasteiger charge is -2.20. The van der Waals surface area contributed by atoms with Gasteiger partial charge in [-0.1, -0.05) is 23.7 Å². The Kier molecular flexibility index (Phi) is 5.05. The summed E-state index contributed by atoms with van der Waals surface area (Å²) in [6, 6.07) is 11.3. The van der Waals surface area contributed by atoms with E-state index in [0.717, 1.165) is 17.5 Å². The predicted molar refractivity (Wildman–Crippen MR) is 105 cm³/mol. The van der Waals surface area contributed by atoms with E-state index in [1.54, 1.807) is 18.5 Å². The molecule has 3 aromatic rings. The van der Waals surface area contributed by atoms with Gasteiger partial charge >= 0.3 is 0 Å². The third kappa shape index (κ3) is 3.80. The predicted octanol–water partition coefficient (Wildman–Crippen LogP) is 3.58. The molecule has 3 heterocycles. The van der Waals surface area contributed by atoms with E-state index in [9.17, 15) is 4.79 Å². The van der Waals surface area contributed by atoms with Crippen LogP contribution < -0.4 is 5.32 Å². The van der Waals surface area contributed by atoms with Crippen LogP contribution in [0.1, 0.15) is 21.6 Å². The Bertz CT molecular complexity index is 978. The second-order valence-electron chi connectivity index (χ2n) is 6.88. The van der Waals surface area contributed by atoms with Gasteiger partial charge in [0.2, 0.25) is 0 Å². The van der Waals surface area contributed by atoms with Crippen molar-refractivity contribution in [1.29, 1.82) is 0 Å². The summed E-state index contributed by atoms with van der Waals surface area (Å²) in [5.41, 5.74) is 3.20. The Labute approximate surface area is 162 Å².